The first kappa shape index (κ1) is 13.7. The summed E-state index contributed by atoms with van der Waals surface area (Å²) in [6.07, 6.45) is 0.239. The second kappa shape index (κ2) is 6.40. The Balaban J connectivity index is 2.63. The zero-order valence-corrected chi connectivity index (χ0v) is 10.6. The molecule has 0 spiro atoms. The summed E-state index contributed by atoms with van der Waals surface area (Å²) < 4.78 is 4.52. The lowest BCUT2D eigenvalue weighted by Gasteiger charge is -2.11. The number of aliphatic hydroxyl groups is 1. The monoisotopic (exact) mass is 236 g/mol. The van der Waals surface area contributed by atoms with Crippen molar-refractivity contribution in [3.63, 3.8) is 0 Å². The predicted molar refractivity (Wildman–Crippen MR) is 66.6 cm³/mol. The fourth-order valence-corrected chi connectivity index (χ4v) is 1.71. The fraction of sp³-hybridized carbons (Fsp3) is 0.500. The van der Waals surface area contributed by atoms with Gasteiger partial charge in [0.05, 0.1) is 19.6 Å². The molecule has 0 saturated carbocycles. The number of aliphatic hydroxyl groups excluding tert-OH is 1. The zero-order chi connectivity index (χ0) is 12.8. The van der Waals surface area contributed by atoms with Gasteiger partial charge in [-0.1, -0.05) is 38.1 Å². The van der Waals surface area contributed by atoms with Crippen LogP contribution >= 0.6 is 0 Å². The summed E-state index contributed by atoms with van der Waals surface area (Å²) in [5.41, 5.74) is 2.00. The molecule has 1 aromatic carbocycles. The molecule has 0 radical (unpaired) electrons. The smallest absolute Gasteiger partial charge is 0.308 e. The van der Waals surface area contributed by atoms with Crippen LogP contribution in [0.2, 0.25) is 0 Å². The van der Waals surface area contributed by atoms with Gasteiger partial charge < -0.3 is 9.84 Å². The maximum absolute atomic E-state index is 11.0. The summed E-state index contributed by atoms with van der Waals surface area (Å²) in [6.45, 7) is 4.33. The van der Waals surface area contributed by atoms with E-state index in [2.05, 4.69) is 18.6 Å². The summed E-state index contributed by atoms with van der Waals surface area (Å²) in [5, 5.41) is 9.79. The molecule has 0 fully saturated rings. The molecule has 17 heavy (non-hydrogen) atoms. The standard InChI is InChI=1S/C14H20O3/c1-10(2)8-11-4-6-12(7-5-11)13(15)9-14(16)17-3/h4-7,10,13,15H,8-9H2,1-3H3/t13-/m1/s1. The van der Waals surface area contributed by atoms with Crippen LogP contribution in [0.4, 0.5) is 0 Å². The van der Waals surface area contributed by atoms with Gasteiger partial charge in [-0.3, -0.25) is 4.79 Å². The molecule has 1 rings (SSSR count). The van der Waals surface area contributed by atoms with Gasteiger partial charge in [-0.2, -0.15) is 0 Å². The van der Waals surface area contributed by atoms with E-state index >= 15 is 0 Å². The number of esters is 1. The zero-order valence-electron chi connectivity index (χ0n) is 10.6. The minimum absolute atomic E-state index is 0.0000270. The normalized spacial score (nSPS) is 12.5. The largest absolute Gasteiger partial charge is 0.469 e. The molecule has 0 bridgehead atoms. The number of hydrogen-bond acceptors (Lipinski definition) is 3. The fourth-order valence-electron chi connectivity index (χ4n) is 1.71. The molecule has 0 aliphatic heterocycles. The second-order valence-electron chi connectivity index (χ2n) is 4.64. The molecule has 94 valence electrons. The van der Waals surface area contributed by atoms with E-state index in [0.29, 0.717) is 5.92 Å². The topological polar surface area (TPSA) is 46.5 Å². The van der Waals surface area contributed by atoms with E-state index in [0.717, 1.165) is 12.0 Å². The van der Waals surface area contributed by atoms with Gasteiger partial charge in [-0.15, -0.1) is 0 Å². The van der Waals surface area contributed by atoms with Gasteiger partial charge in [-0.25, -0.2) is 0 Å². The van der Waals surface area contributed by atoms with Crippen molar-refractivity contribution in [1.82, 2.24) is 0 Å². The maximum Gasteiger partial charge on any atom is 0.308 e. The Morgan fingerprint density at radius 1 is 1.29 bits per heavy atom. The molecule has 0 unspecified atom stereocenters. The van der Waals surface area contributed by atoms with E-state index in [-0.39, 0.29) is 6.42 Å². The highest BCUT2D eigenvalue weighted by molar-refractivity contribution is 5.70. The van der Waals surface area contributed by atoms with Crippen LogP contribution in [0.1, 0.15) is 37.5 Å². The number of carbonyl (C=O) groups is 1. The number of benzene rings is 1. The maximum atomic E-state index is 11.0. The predicted octanol–water partition coefficient (Wildman–Crippen LogP) is 2.48. The summed E-state index contributed by atoms with van der Waals surface area (Å²) >= 11 is 0. The van der Waals surface area contributed by atoms with Crippen LogP contribution in [0.25, 0.3) is 0 Å². The third-order valence-corrected chi connectivity index (χ3v) is 2.60. The van der Waals surface area contributed by atoms with Crippen molar-refractivity contribution in [3.8, 4) is 0 Å². The van der Waals surface area contributed by atoms with Gasteiger partial charge >= 0.3 is 5.97 Å². The minimum Gasteiger partial charge on any atom is -0.469 e. The molecular weight excluding hydrogens is 216 g/mol. The molecule has 0 amide bonds. The van der Waals surface area contributed by atoms with E-state index in [1.165, 1.54) is 12.7 Å². The van der Waals surface area contributed by atoms with E-state index < -0.39 is 12.1 Å². The number of carbonyl (C=O) groups excluding carboxylic acids is 1. The molecule has 0 saturated heterocycles. The molecule has 0 aliphatic carbocycles. The molecule has 1 N–H and O–H groups in total. The van der Waals surface area contributed by atoms with Crippen molar-refractivity contribution in [2.24, 2.45) is 5.92 Å². The number of ether oxygens (including phenoxy) is 1. The molecule has 3 nitrogen and oxygen atoms in total. The highest BCUT2D eigenvalue weighted by atomic mass is 16.5. The summed E-state index contributed by atoms with van der Waals surface area (Å²) in [7, 11) is 1.32. The Kier molecular flexibility index (Phi) is 5.16. The van der Waals surface area contributed by atoms with Gasteiger partial charge in [-0.05, 0) is 23.5 Å². The van der Waals surface area contributed by atoms with Crippen LogP contribution in [0.3, 0.4) is 0 Å². The summed E-state index contributed by atoms with van der Waals surface area (Å²) in [5.74, 6) is 0.213. The van der Waals surface area contributed by atoms with Crippen molar-refractivity contribution in [1.29, 1.82) is 0 Å². The van der Waals surface area contributed by atoms with Gasteiger partial charge in [0.1, 0.15) is 0 Å². The first-order chi connectivity index (χ1) is 8.02. The third kappa shape index (κ3) is 4.57. The molecule has 0 heterocycles. The van der Waals surface area contributed by atoms with E-state index in [1.54, 1.807) is 0 Å². The van der Waals surface area contributed by atoms with E-state index in [1.807, 2.05) is 24.3 Å². The first-order valence-corrected chi connectivity index (χ1v) is 5.86. The number of hydrogen-bond donors (Lipinski definition) is 1. The Labute approximate surface area is 102 Å². The molecule has 3 heteroatoms. The van der Waals surface area contributed by atoms with Crippen molar-refractivity contribution in [3.05, 3.63) is 35.4 Å². The minimum atomic E-state index is -0.782. The average molecular weight is 236 g/mol. The highest BCUT2D eigenvalue weighted by Gasteiger charge is 2.13. The van der Waals surface area contributed by atoms with Crippen molar-refractivity contribution >= 4 is 5.97 Å². The first-order valence-electron chi connectivity index (χ1n) is 5.86. The van der Waals surface area contributed by atoms with Gasteiger partial charge in [0, 0.05) is 0 Å². The second-order valence-corrected chi connectivity index (χ2v) is 4.64. The highest BCUT2D eigenvalue weighted by Crippen LogP contribution is 2.18. The van der Waals surface area contributed by atoms with Crippen molar-refractivity contribution in [2.45, 2.75) is 32.8 Å². The van der Waals surface area contributed by atoms with E-state index in [9.17, 15) is 9.90 Å². The van der Waals surface area contributed by atoms with E-state index in [4.69, 9.17) is 0 Å². The van der Waals surface area contributed by atoms with Crippen LogP contribution in [0.15, 0.2) is 24.3 Å². The van der Waals surface area contributed by atoms with Crippen LogP contribution in [-0.2, 0) is 16.0 Å². The summed E-state index contributed by atoms with van der Waals surface area (Å²) in [6, 6.07) is 7.72. The number of methoxy groups -OCH3 is 1. The Hall–Kier alpha value is -1.35. The Bertz CT molecular complexity index is 354. The lowest BCUT2D eigenvalue weighted by atomic mass is 9.99. The van der Waals surface area contributed by atoms with Crippen LogP contribution in [0, 0.1) is 5.92 Å². The Morgan fingerprint density at radius 2 is 1.88 bits per heavy atom. The van der Waals surface area contributed by atoms with Crippen molar-refractivity contribution in [2.75, 3.05) is 7.11 Å². The average Bonchev–Trinajstić information content (AvgIpc) is 2.28. The lowest BCUT2D eigenvalue weighted by molar-refractivity contribution is -0.142. The molecular formula is C14H20O3. The third-order valence-electron chi connectivity index (χ3n) is 2.60. The SMILES string of the molecule is COC(=O)C[C@@H](O)c1ccc(CC(C)C)cc1. The molecule has 1 aromatic rings. The quantitative estimate of drug-likeness (QED) is 0.799. The number of rotatable bonds is 5. The lowest BCUT2D eigenvalue weighted by Crippen LogP contribution is -2.08. The van der Waals surface area contributed by atoms with Gasteiger partial charge in [0.2, 0.25) is 0 Å². The molecule has 1 atom stereocenters. The van der Waals surface area contributed by atoms with Crippen molar-refractivity contribution < 1.29 is 14.6 Å². The van der Waals surface area contributed by atoms with Gasteiger partial charge in [0.15, 0.2) is 0 Å². The van der Waals surface area contributed by atoms with Crippen LogP contribution in [0.5, 0.6) is 0 Å². The Morgan fingerprint density at radius 3 is 2.35 bits per heavy atom. The van der Waals surface area contributed by atoms with Gasteiger partial charge in [0.25, 0.3) is 0 Å². The molecule has 0 aliphatic rings. The molecule has 0 aromatic heterocycles. The van der Waals surface area contributed by atoms with Crippen LogP contribution < -0.4 is 0 Å². The summed E-state index contributed by atoms with van der Waals surface area (Å²) in [4.78, 5) is 11.0. The van der Waals surface area contributed by atoms with Crippen LogP contribution in [-0.4, -0.2) is 18.2 Å².